The van der Waals surface area contributed by atoms with Crippen molar-refractivity contribution >= 4 is 5.91 Å². The maximum Gasteiger partial charge on any atom is 0.247 e. The molecule has 1 heterocycles. The molecule has 0 saturated carbocycles. The van der Waals surface area contributed by atoms with Gasteiger partial charge in [0.1, 0.15) is 5.82 Å². The van der Waals surface area contributed by atoms with E-state index in [4.69, 9.17) is 4.42 Å². The van der Waals surface area contributed by atoms with Crippen LogP contribution in [0, 0.1) is 5.82 Å². The molecular formula is C15H18FN3O2. The molecule has 0 radical (unpaired) electrons. The highest BCUT2D eigenvalue weighted by atomic mass is 19.1. The van der Waals surface area contributed by atoms with Crippen LogP contribution in [-0.2, 0) is 11.2 Å². The van der Waals surface area contributed by atoms with Gasteiger partial charge in [0.15, 0.2) is 0 Å². The molecule has 0 aliphatic heterocycles. The molecule has 2 aromatic rings. The van der Waals surface area contributed by atoms with Crippen molar-refractivity contribution in [1.29, 1.82) is 0 Å². The number of halogens is 1. The van der Waals surface area contributed by atoms with E-state index in [2.05, 4.69) is 15.5 Å². The summed E-state index contributed by atoms with van der Waals surface area (Å²) in [6, 6.07) is 5.85. The number of hydrogen-bond donors (Lipinski definition) is 1. The van der Waals surface area contributed by atoms with Gasteiger partial charge in [-0.3, -0.25) is 4.79 Å². The summed E-state index contributed by atoms with van der Waals surface area (Å²) in [5.41, 5.74) is 0.669. The molecule has 0 saturated heterocycles. The van der Waals surface area contributed by atoms with E-state index in [0.717, 1.165) is 12.8 Å². The average molecular weight is 291 g/mol. The molecule has 1 aromatic heterocycles. The van der Waals surface area contributed by atoms with Crippen molar-refractivity contribution in [3.05, 3.63) is 36.0 Å². The number of hydrogen-bond acceptors (Lipinski definition) is 4. The Hall–Kier alpha value is -2.24. The number of amides is 1. The van der Waals surface area contributed by atoms with Crippen molar-refractivity contribution < 1.29 is 13.6 Å². The number of benzene rings is 1. The molecule has 0 fully saturated rings. The number of unbranched alkanes of at least 4 members (excludes halogenated alkanes) is 1. The lowest BCUT2D eigenvalue weighted by atomic mass is 10.2. The molecule has 1 aromatic carbocycles. The molecule has 21 heavy (non-hydrogen) atoms. The summed E-state index contributed by atoms with van der Waals surface area (Å²) in [5, 5.41) is 10.6. The lowest BCUT2D eigenvalue weighted by Crippen LogP contribution is -2.25. The summed E-state index contributed by atoms with van der Waals surface area (Å²) in [6.07, 6.45) is 2.91. The first-order chi connectivity index (χ1) is 10.2. The third-order valence-electron chi connectivity index (χ3n) is 2.98. The predicted octanol–water partition coefficient (Wildman–Crippen LogP) is 2.72. The zero-order chi connectivity index (χ0) is 15.1. The highest BCUT2D eigenvalue weighted by Crippen LogP contribution is 2.17. The SMILES string of the molecule is CCCCC(=O)NCCc1nnc(-c2ccc(F)cc2)o1. The van der Waals surface area contributed by atoms with Gasteiger partial charge in [0.2, 0.25) is 17.7 Å². The zero-order valence-electron chi connectivity index (χ0n) is 11.9. The monoisotopic (exact) mass is 291 g/mol. The van der Waals surface area contributed by atoms with Gasteiger partial charge in [-0.25, -0.2) is 4.39 Å². The molecule has 0 aliphatic rings. The summed E-state index contributed by atoms with van der Waals surface area (Å²) in [7, 11) is 0. The van der Waals surface area contributed by atoms with Crippen molar-refractivity contribution in [2.24, 2.45) is 0 Å². The number of carbonyl (C=O) groups is 1. The van der Waals surface area contributed by atoms with Gasteiger partial charge in [0.05, 0.1) is 0 Å². The Balaban J connectivity index is 1.83. The van der Waals surface area contributed by atoms with E-state index in [9.17, 15) is 9.18 Å². The van der Waals surface area contributed by atoms with E-state index in [0.29, 0.717) is 36.7 Å². The van der Waals surface area contributed by atoms with Crippen LogP contribution in [0.25, 0.3) is 11.5 Å². The summed E-state index contributed by atoms with van der Waals surface area (Å²) < 4.78 is 18.3. The summed E-state index contributed by atoms with van der Waals surface area (Å²) >= 11 is 0. The minimum Gasteiger partial charge on any atom is -0.421 e. The first kappa shape index (κ1) is 15.2. The van der Waals surface area contributed by atoms with E-state index in [1.54, 1.807) is 12.1 Å². The van der Waals surface area contributed by atoms with Crippen LogP contribution < -0.4 is 5.32 Å². The third kappa shape index (κ3) is 4.66. The molecule has 0 atom stereocenters. The van der Waals surface area contributed by atoms with Crippen LogP contribution in [0.2, 0.25) is 0 Å². The van der Waals surface area contributed by atoms with Gasteiger partial charge in [-0.1, -0.05) is 13.3 Å². The van der Waals surface area contributed by atoms with Crippen molar-refractivity contribution in [3.8, 4) is 11.5 Å². The fourth-order valence-corrected chi connectivity index (χ4v) is 1.80. The molecule has 5 nitrogen and oxygen atoms in total. The second-order valence-corrected chi connectivity index (χ2v) is 4.71. The number of nitrogens with one attached hydrogen (secondary N) is 1. The first-order valence-corrected chi connectivity index (χ1v) is 7.04. The maximum atomic E-state index is 12.8. The van der Waals surface area contributed by atoms with E-state index in [1.807, 2.05) is 6.92 Å². The Morgan fingerprint density at radius 3 is 2.76 bits per heavy atom. The molecule has 112 valence electrons. The number of carbonyl (C=O) groups excluding carboxylic acids is 1. The molecule has 0 spiro atoms. The normalized spacial score (nSPS) is 10.6. The van der Waals surface area contributed by atoms with E-state index >= 15 is 0 Å². The Bertz CT molecular complexity index is 581. The van der Waals surface area contributed by atoms with Crippen LogP contribution >= 0.6 is 0 Å². The largest absolute Gasteiger partial charge is 0.421 e. The summed E-state index contributed by atoms with van der Waals surface area (Å²) in [5.74, 6) is 0.524. The molecule has 0 bridgehead atoms. The van der Waals surface area contributed by atoms with Crippen molar-refractivity contribution in [2.45, 2.75) is 32.6 Å². The van der Waals surface area contributed by atoms with E-state index in [-0.39, 0.29) is 11.7 Å². The van der Waals surface area contributed by atoms with Crippen LogP contribution in [-0.4, -0.2) is 22.6 Å². The fraction of sp³-hybridized carbons (Fsp3) is 0.400. The van der Waals surface area contributed by atoms with Crippen molar-refractivity contribution in [2.75, 3.05) is 6.54 Å². The number of aromatic nitrogens is 2. The van der Waals surface area contributed by atoms with Gasteiger partial charge in [-0.2, -0.15) is 0 Å². The first-order valence-electron chi connectivity index (χ1n) is 7.04. The highest BCUT2D eigenvalue weighted by Gasteiger charge is 2.09. The molecule has 1 N–H and O–H groups in total. The van der Waals surface area contributed by atoms with Crippen LogP contribution in [0.4, 0.5) is 4.39 Å². The second kappa shape index (κ2) is 7.52. The van der Waals surface area contributed by atoms with E-state index < -0.39 is 0 Å². The minimum atomic E-state index is -0.312. The Morgan fingerprint density at radius 2 is 2.05 bits per heavy atom. The predicted molar refractivity (Wildman–Crippen MR) is 75.9 cm³/mol. The summed E-state index contributed by atoms with van der Waals surface area (Å²) in [6.45, 7) is 2.51. The van der Waals surface area contributed by atoms with E-state index in [1.165, 1.54) is 12.1 Å². The zero-order valence-corrected chi connectivity index (χ0v) is 11.9. The van der Waals surface area contributed by atoms with Gasteiger partial charge in [0, 0.05) is 24.9 Å². The Morgan fingerprint density at radius 1 is 1.29 bits per heavy atom. The highest BCUT2D eigenvalue weighted by molar-refractivity contribution is 5.75. The van der Waals surface area contributed by atoms with Gasteiger partial charge >= 0.3 is 0 Å². The quantitative estimate of drug-likeness (QED) is 0.851. The Kier molecular flexibility index (Phi) is 5.43. The number of rotatable bonds is 7. The van der Waals surface area contributed by atoms with Gasteiger partial charge in [-0.15, -0.1) is 10.2 Å². The molecule has 6 heteroatoms. The third-order valence-corrected chi connectivity index (χ3v) is 2.98. The average Bonchev–Trinajstić information content (AvgIpc) is 2.95. The van der Waals surface area contributed by atoms with Gasteiger partial charge in [-0.05, 0) is 30.7 Å². The standard InChI is InChI=1S/C15H18FN3O2/c1-2-3-4-13(20)17-10-9-14-18-19-15(21-14)11-5-7-12(16)8-6-11/h5-8H,2-4,9-10H2,1H3,(H,17,20). The smallest absolute Gasteiger partial charge is 0.247 e. The maximum absolute atomic E-state index is 12.8. The lowest BCUT2D eigenvalue weighted by Gasteiger charge is -2.01. The second-order valence-electron chi connectivity index (χ2n) is 4.71. The molecule has 1 amide bonds. The molecule has 2 rings (SSSR count). The van der Waals surface area contributed by atoms with Crippen molar-refractivity contribution in [3.63, 3.8) is 0 Å². The van der Waals surface area contributed by atoms with Crippen LogP contribution in [0.3, 0.4) is 0 Å². The fourth-order valence-electron chi connectivity index (χ4n) is 1.80. The minimum absolute atomic E-state index is 0.0372. The van der Waals surface area contributed by atoms with Crippen LogP contribution in [0.1, 0.15) is 32.1 Å². The summed E-state index contributed by atoms with van der Waals surface area (Å²) in [4.78, 5) is 11.4. The lowest BCUT2D eigenvalue weighted by molar-refractivity contribution is -0.121. The molecule has 0 aliphatic carbocycles. The number of nitrogens with zero attached hydrogens (tertiary/aromatic N) is 2. The molecular weight excluding hydrogens is 273 g/mol. The topological polar surface area (TPSA) is 68.0 Å². The Labute approximate surface area is 122 Å². The van der Waals surface area contributed by atoms with Gasteiger partial charge in [0.25, 0.3) is 0 Å². The van der Waals surface area contributed by atoms with Crippen LogP contribution in [0.15, 0.2) is 28.7 Å². The van der Waals surface area contributed by atoms with Gasteiger partial charge < -0.3 is 9.73 Å². The van der Waals surface area contributed by atoms with Crippen LogP contribution in [0.5, 0.6) is 0 Å². The van der Waals surface area contributed by atoms with Crippen molar-refractivity contribution in [1.82, 2.24) is 15.5 Å². The molecule has 0 unspecified atom stereocenters.